The summed E-state index contributed by atoms with van der Waals surface area (Å²) >= 11 is 0. The van der Waals surface area contributed by atoms with E-state index >= 15 is 0 Å². The molecule has 0 bridgehead atoms. The smallest absolute Gasteiger partial charge is 0.0789 e. The Bertz CT molecular complexity index is 118. The Morgan fingerprint density at radius 2 is 1.92 bits per heavy atom. The molecule has 72 valence electrons. The van der Waals surface area contributed by atoms with Crippen LogP contribution < -0.4 is 5.73 Å². The Labute approximate surface area is 81.5 Å². The van der Waals surface area contributed by atoms with Crippen molar-refractivity contribution in [1.29, 1.82) is 0 Å². The van der Waals surface area contributed by atoms with Gasteiger partial charge in [0.25, 0.3) is 0 Å². The zero-order valence-electron chi connectivity index (χ0n) is 7.11. The van der Waals surface area contributed by atoms with E-state index in [0.29, 0.717) is 6.54 Å². The highest BCUT2D eigenvalue weighted by molar-refractivity contribution is 8.76. The van der Waals surface area contributed by atoms with Crippen LogP contribution in [0.2, 0.25) is 0 Å². The summed E-state index contributed by atoms with van der Waals surface area (Å²) < 4.78 is 0. The monoisotopic (exact) mass is 208 g/mol. The fraction of sp³-hybridized carbons (Fsp3) is 1.00. The molecule has 0 aromatic carbocycles. The van der Waals surface area contributed by atoms with E-state index in [-0.39, 0.29) is 6.10 Å². The largest absolute Gasteiger partial charge is 0.390 e. The van der Waals surface area contributed by atoms with Crippen LogP contribution in [0.5, 0.6) is 0 Å². The highest BCUT2D eigenvalue weighted by atomic mass is 33.1. The highest BCUT2D eigenvalue weighted by Crippen LogP contribution is 2.23. The lowest BCUT2D eigenvalue weighted by Gasteiger charge is -2.21. The summed E-state index contributed by atoms with van der Waals surface area (Å²) in [5.41, 5.74) is 5.34. The molecule has 0 aromatic rings. The zero-order valence-corrected chi connectivity index (χ0v) is 8.74. The van der Waals surface area contributed by atoms with Crippen LogP contribution in [0.25, 0.3) is 0 Å². The summed E-state index contributed by atoms with van der Waals surface area (Å²) in [6.07, 6.45) is -0.349. The number of nitrogens with zero attached hydrogens (tertiary/aromatic N) is 1. The van der Waals surface area contributed by atoms with E-state index in [1.807, 2.05) is 21.6 Å². The summed E-state index contributed by atoms with van der Waals surface area (Å²) in [7, 11) is 3.83. The zero-order chi connectivity index (χ0) is 8.81. The molecule has 0 saturated carbocycles. The number of rotatable bonds is 3. The van der Waals surface area contributed by atoms with Crippen molar-refractivity contribution in [1.82, 2.24) is 4.90 Å². The highest BCUT2D eigenvalue weighted by Gasteiger charge is 2.12. The van der Waals surface area contributed by atoms with Gasteiger partial charge in [0.1, 0.15) is 0 Å². The van der Waals surface area contributed by atoms with E-state index in [0.717, 1.165) is 31.1 Å². The predicted molar refractivity (Wildman–Crippen MR) is 56.4 cm³/mol. The number of aliphatic hydroxyl groups is 1. The van der Waals surface area contributed by atoms with Gasteiger partial charge >= 0.3 is 0 Å². The van der Waals surface area contributed by atoms with Crippen molar-refractivity contribution >= 4 is 21.6 Å². The van der Waals surface area contributed by atoms with Crippen LogP contribution in [0.15, 0.2) is 0 Å². The number of β-amino-alcohol motifs (C(OH)–C–C–N with tert-alkyl or cyclic N) is 1. The van der Waals surface area contributed by atoms with Gasteiger partial charge in [-0.1, -0.05) is 21.6 Å². The van der Waals surface area contributed by atoms with Gasteiger partial charge in [-0.3, -0.25) is 4.90 Å². The number of aliphatic hydroxyl groups excluding tert-OH is 1. The number of hydrogen-bond donors (Lipinski definition) is 2. The predicted octanol–water partition coefficient (Wildman–Crippen LogP) is 0.00300. The summed E-state index contributed by atoms with van der Waals surface area (Å²) in [5.74, 6) is 2.31. The first-order valence-corrected chi connectivity index (χ1v) is 6.66. The molecule has 1 heterocycles. The molecule has 0 unspecified atom stereocenters. The first kappa shape index (κ1) is 10.7. The van der Waals surface area contributed by atoms with Gasteiger partial charge in [-0.25, -0.2) is 0 Å². The van der Waals surface area contributed by atoms with Crippen LogP contribution in [-0.4, -0.2) is 53.8 Å². The maximum atomic E-state index is 9.32. The fourth-order valence-corrected chi connectivity index (χ4v) is 3.17. The Hall–Kier alpha value is 0.580. The SMILES string of the molecule is NC[C@H](O)CN1CCSSCC1. The van der Waals surface area contributed by atoms with Gasteiger partial charge in [0, 0.05) is 37.7 Å². The van der Waals surface area contributed by atoms with Crippen LogP contribution in [0, 0.1) is 0 Å². The Morgan fingerprint density at radius 1 is 1.33 bits per heavy atom. The van der Waals surface area contributed by atoms with E-state index in [1.165, 1.54) is 0 Å². The van der Waals surface area contributed by atoms with Gasteiger partial charge in [0.15, 0.2) is 0 Å². The van der Waals surface area contributed by atoms with Crippen LogP contribution in [0.1, 0.15) is 0 Å². The molecule has 0 spiro atoms. The van der Waals surface area contributed by atoms with Gasteiger partial charge in [-0.2, -0.15) is 0 Å². The van der Waals surface area contributed by atoms with Gasteiger partial charge in [0.2, 0.25) is 0 Å². The molecule has 0 aromatic heterocycles. The van der Waals surface area contributed by atoms with Gasteiger partial charge in [-0.15, -0.1) is 0 Å². The summed E-state index contributed by atoms with van der Waals surface area (Å²) in [5, 5.41) is 9.32. The van der Waals surface area contributed by atoms with E-state index in [2.05, 4.69) is 4.90 Å². The number of nitrogens with two attached hydrogens (primary N) is 1. The van der Waals surface area contributed by atoms with Crippen LogP contribution in [-0.2, 0) is 0 Å². The van der Waals surface area contributed by atoms with E-state index < -0.39 is 0 Å². The van der Waals surface area contributed by atoms with E-state index in [1.54, 1.807) is 0 Å². The summed E-state index contributed by atoms with van der Waals surface area (Å²) in [6.45, 7) is 3.26. The molecule has 1 aliphatic heterocycles. The molecule has 5 heteroatoms. The summed E-state index contributed by atoms with van der Waals surface area (Å²) in [6, 6.07) is 0. The van der Waals surface area contributed by atoms with Gasteiger partial charge in [0.05, 0.1) is 6.10 Å². The molecular formula is C7H16N2OS2. The standard InChI is InChI=1S/C7H16N2OS2/c8-5-7(10)6-9-1-3-11-12-4-2-9/h7,10H,1-6,8H2/t7-/m0/s1. The Balaban J connectivity index is 2.20. The molecule has 0 amide bonds. The molecule has 0 aliphatic carbocycles. The molecule has 1 saturated heterocycles. The average Bonchev–Trinajstić information content (AvgIpc) is 2.33. The minimum atomic E-state index is -0.349. The second-order valence-corrected chi connectivity index (χ2v) is 5.54. The van der Waals surface area contributed by atoms with Gasteiger partial charge < -0.3 is 10.8 Å². The van der Waals surface area contributed by atoms with Crippen LogP contribution >= 0.6 is 21.6 Å². The molecule has 1 fully saturated rings. The minimum absolute atomic E-state index is 0.349. The third-order valence-electron chi connectivity index (χ3n) is 1.81. The van der Waals surface area contributed by atoms with E-state index in [4.69, 9.17) is 5.73 Å². The topological polar surface area (TPSA) is 49.5 Å². The first-order chi connectivity index (χ1) is 5.83. The van der Waals surface area contributed by atoms with Gasteiger partial charge in [-0.05, 0) is 0 Å². The molecule has 1 rings (SSSR count). The molecule has 1 aliphatic rings. The minimum Gasteiger partial charge on any atom is -0.390 e. The fourth-order valence-electron chi connectivity index (χ4n) is 1.12. The van der Waals surface area contributed by atoms with Crippen molar-refractivity contribution in [2.75, 3.05) is 37.7 Å². The maximum absolute atomic E-state index is 9.32. The number of hydrogen-bond acceptors (Lipinski definition) is 5. The first-order valence-electron chi connectivity index (χ1n) is 4.18. The third kappa shape index (κ3) is 4.00. The summed E-state index contributed by atoms with van der Waals surface area (Å²) in [4.78, 5) is 2.28. The lowest BCUT2D eigenvalue weighted by atomic mass is 10.3. The van der Waals surface area contributed by atoms with Crippen molar-refractivity contribution in [3.05, 3.63) is 0 Å². The second kappa shape index (κ2) is 6.10. The van der Waals surface area contributed by atoms with Crippen LogP contribution in [0.3, 0.4) is 0 Å². The van der Waals surface area contributed by atoms with E-state index in [9.17, 15) is 5.11 Å². The molecule has 12 heavy (non-hydrogen) atoms. The van der Waals surface area contributed by atoms with Crippen molar-refractivity contribution < 1.29 is 5.11 Å². The quantitative estimate of drug-likeness (QED) is 0.640. The van der Waals surface area contributed by atoms with Crippen molar-refractivity contribution in [3.63, 3.8) is 0 Å². The second-order valence-electron chi connectivity index (χ2n) is 2.83. The molecule has 1 atom stereocenters. The Kier molecular flexibility index (Phi) is 5.42. The van der Waals surface area contributed by atoms with Crippen molar-refractivity contribution in [2.24, 2.45) is 5.73 Å². The lowest BCUT2D eigenvalue weighted by Crippen LogP contribution is -2.38. The maximum Gasteiger partial charge on any atom is 0.0789 e. The average molecular weight is 208 g/mol. The Morgan fingerprint density at radius 3 is 2.42 bits per heavy atom. The lowest BCUT2D eigenvalue weighted by molar-refractivity contribution is 0.126. The molecule has 3 N–H and O–H groups in total. The van der Waals surface area contributed by atoms with Crippen molar-refractivity contribution in [2.45, 2.75) is 6.10 Å². The van der Waals surface area contributed by atoms with Crippen molar-refractivity contribution in [3.8, 4) is 0 Å². The van der Waals surface area contributed by atoms with Crippen LogP contribution in [0.4, 0.5) is 0 Å². The molecular weight excluding hydrogens is 192 g/mol. The molecule has 3 nitrogen and oxygen atoms in total. The molecule has 0 radical (unpaired) electrons. The normalized spacial score (nSPS) is 23.5. The third-order valence-corrected chi connectivity index (χ3v) is 4.17.